The van der Waals surface area contributed by atoms with E-state index in [-0.39, 0.29) is 5.91 Å². The van der Waals surface area contributed by atoms with Crippen LogP contribution in [-0.2, 0) is 0 Å². The van der Waals surface area contributed by atoms with Crippen molar-refractivity contribution in [2.24, 2.45) is 0 Å². The largest absolute Gasteiger partial charge is 0.444 e. The molecule has 2 aromatic rings. The molecule has 6 nitrogen and oxygen atoms in total. The summed E-state index contributed by atoms with van der Waals surface area (Å²) in [4.78, 5) is 20.6. The van der Waals surface area contributed by atoms with Gasteiger partial charge in [-0.15, -0.1) is 0 Å². The molecule has 0 saturated carbocycles. The van der Waals surface area contributed by atoms with Crippen LogP contribution in [0.15, 0.2) is 29.0 Å². The fraction of sp³-hybridized carbons (Fsp3) is 0.471. The van der Waals surface area contributed by atoms with Gasteiger partial charge in [0, 0.05) is 24.8 Å². The van der Waals surface area contributed by atoms with E-state index < -0.39 is 0 Å². The highest BCUT2D eigenvalue weighted by Crippen LogP contribution is 2.21. The molecule has 2 aromatic heterocycles. The number of amides is 1. The minimum Gasteiger partial charge on any atom is -0.444 e. The smallest absolute Gasteiger partial charge is 0.273 e. The van der Waals surface area contributed by atoms with Crippen LogP contribution in [0.4, 0.5) is 5.82 Å². The lowest BCUT2D eigenvalue weighted by atomic mass is 10.1. The van der Waals surface area contributed by atoms with Gasteiger partial charge in [-0.3, -0.25) is 4.79 Å². The molecule has 0 radical (unpaired) electrons. The minimum atomic E-state index is -0.184. The van der Waals surface area contributed by atoms with E-state index in [2.05, 4.69) is 20.6 Å². The van der Waals surface area contributed by atoms with Crippen LogP contribution < -0.4 is 10.6 Å². The molecular weight excluding hydrogens is 292 g/mol. The van der Waals surface area contributed by atoms with Crippen molar-refractivity contribution in [1.29, 1.82) is 0 Å². The van der Waals surface area contributed by atoms with Gasteiger partial charge < -0.3 is 15.1 Å². The molecule has 2 N–H and O–H groups in total. The average Bonchev–Trinajstić information content (AvgIpc) is 3.06. The Kier molecular flexibility index (Phi) is 5.24. The second-order valence-corrected chi connectivity index (χ2v) is 5.77. The van der Waals surface area contributed by atoms with E-state index in [1.807, 2.05) is 12.1 Å². The maximum Gasteiger partial charge on any atom is 0.273 e. The summed E-state index contributed by atoms with van der Waals surface area (Å²) in [6.07, 6.45) is 10.0. The number of nitrogens with zero attached hydrogens (tertiary/aromatic N) is 2. The van der Waals surface area contributed by atoms with Crippen molar-refractivity contribution in [2.45, 2.75) is 38.5 Å². The van der Waals surface area contributed by atoms with Gasteiger partial charge in [-0.2, -0.15) is 0 Å². The lowest BCUT2D eigenvalue weighted by molar-refractivity contribution is 0.0948. The summed E-state index contributed by atoms with van der Waals surface area (Å²) in [6.45, 7) is 1.59. The maximum absolute atomic E-state index is 12.1. The van der Waals surface area contributed by atoms with Crippen molar-refractivity contribution in [3.05, 3.63) is 30.3 Å². The molecule has 0 aliphatic carbocycles. The molecule has 3 heterocycles. The fourth-order valence-corrected chi connectivity index (χ4v) is 2.64. The van der Waals surface area contributed by atoms with Gasteiger partial charge >= 0.3 is 0 Å². The number of rotatable bonds is 0. The molecule has 0 spiro atoms. The highest BCUT2D eigenvalue weighted by molar-refractivity contribution is 5.92. The third kappa shape index (κ3) is 4.31. The molecule has 1 aliphatic heterocycles. The van der Waals surface area contributed by atoms with Gasteiger partial charge in [-0.1, -0.05) is 25.7 Å². The van der Waals surface area contributed by atoms with E-state index in [1.165, 1.54) is 25.5 Å². The molecule has 0 aromatic carbocycles. The molecule has 6 heteroatoms. The summed E-state index contributed by atoms with van der Waals surface area (Å²) in [5.74, 6) is 1.05. The molecule has 0 fully saturated rings. The number of hydrogen-bond acceptors (Lipinski definition) is 5. The lowest BCUT2D eigenvalue weighted by Crippen LogP contribution is -2.24. The predicted octanol–water partition coefficient (Wildman–Crippen LogP) is 3.23. The Morgan fingerprint density at radius 2 is 1.74 bits per heavy atom. The average molecular weight is 314 g/mol. The number of hydrogen-bond donors (Lipinski definition) is 2. The third-order valence-corrected chi connectivity index (χ3v) is 3.94. The monoisotopic (exact) mass is 314 g/mol. The third-order valence-electron chi connectivity index (χ3n) is 3.94. The van der Waals surface area contributed by atoms with Gasteiger partial charge in [-0.05, 0) is 25.0 Å². The number of anilines is 1. The molecular formula is C17H22N4O2. The maximum atomic E-state index is 12.1. The van der Waals surface area contributed by atoms with Crippen LogP contribution in [0.2, 0.25) is 0 Å². The number of aromatic nitrogens is 2. The van der Waals surface area contributed by atoms with Crippen LogP contribution in [0.3, 0.4) is 0 Å². The number of carbonyl (C=O) groups is 1. The molecule has 0 unspecified atom stereocenters. The van der Waals surface area contributed by atoms with Crippen LogP contribution >= 0.6 is 0 Å². The summed E-state index contributed by atoms with van der Waals surface area (Å²) < 4.78 is 5.44. The standard InChI is InChI=1S/C17H22N4O2/c22-16-14-12-23-17(21-14)13-7-10-19-15(11-13)18-8-5-3-1-2-4-6-9-20-16/h7,10-12H,1-6,8-9H2,(H,18,19)(H,20,22). The molecule has 23 heavy (non-hydrogen) atoms. The molecule has 1 amide bonds. The summed E-state index contributed by atoms with van der Waals surface area (Å²) in [6, 6.07) is 3.72. The number of pyridine rings is 1. The van der Waals surface area contributed by atoms with Crippen LogP contribution in [0.25, 0.3) is 11.5 Å². The van der Waals surface area contributed by atoms with E-state index in [9.17, 15) is 4.79 Å². The van der Waals surface area contributed by atoms with Gasteiger partial charge in [0.25, 0.3) is 5.91 Å². The minimum absolute atomic E-state index is 0.184. The number of fused-ring (bicyclic) bond motifs is 5. The second kappa shape index (κ2) is 7.76. The normalized spacial score (nSPS) is 17.0. The van der Waals surface area contributed by atoms with Crippen molar-refractivity contribution < 1.29 is 9.21 Å². The van der Waals surface area contributed by atoms with E-state index in [0.29, 0.717) is 18.1 Å². The van der Waals surface area contributed by atoms with Crippen LogP contribution in [0.5, 0.6) is 0 Å². The zero-order valence-corrected chi connectivity index (χ0v) is 13.2. The van der Waals surface area contributed by atoms with E-state index >= 15 is 0 Å². The quantitative estimate of drug-likeness (QED) is 0.780. The summed E-state index contributed by atoms with van der Waals surface area (Å²) in [5.41, 5.74) is 1.13. The Bertz CT molecular complexity index is 654. The van der Waals surface area contributed by atoms with Crippen molar-refractivity contribution >= 4 is 11.7 Å². The number of oxazole rings is 1. The first-order valence-corrected chi connectivity index (χ1v) is 8.27. The predicted molar refractivity (Wildman–Crippen MR) is 88.3 cm³/mol. The van der Waals surface area contributed by atoms with Gasteiger partial charge in [-0.25, -0.2) is 9.97 Å². The Hall–Kier alpha value is -2.37. The van der Waals surface area contributed by atoms with Crippen LogP contribution in [0.1, 0.15) is 49.0 Å². The Labute approximate surface area is 135 Å². The Morgan fingerprint density at radius 1 is 1.00 bits per heavy atom. The second-order valence-electron chi connectivity index (χ2n) is 5.77. The Balaban J connectivity index is 1.78. The first kappa shape index (κ1) is 15.5. The van der Waals surface area contributed by atoms with Gasteiger partial charge in [0.15, 0.2) is 5.69 Å². The molecule has 122 valence electrons. The zero-order chi connectivity index (χ0) is 15.9. The number of carbonyl (C=O) groups excluding carboxylic acids is 1. The van der Waals surface area contributed by atoms with Gasteiger partial charge in [0.2, 0.25) is 5.89 Å². The SMILES string of the molecule is O=C1NCCCCCCCCNc2cc(ccn2)-c2nc1co2. The summed E-state index contributed by atoms with van der Waals surface area (Å²) >= 11 is 0. The summed E-state index contributed by atoms with van der Waals surface area (Å²) in [7, 11) is 0. The van der Waals surface area contributed by atoms with Crippen molar-refractivity contribution in [2.75, 3.05) is 18.4 Å². The molecule has 0 saturated heterocycles. The van der Waals surface area contributed by atoms with Crippen molar-refractivity contribution in [1.82, 2.24) is 15.3 Å². The fourth-order valence-electron chi connectivity index (χ4n) is 2.64. The highest BCUT2D eigenvalue weighted by Gasteiger charge is 2.13. The highest BCUT2D eigenvalue weighted by atomic mass is 16.3. The first-order valence-electron chi connectivity index (χ1n) is 8.27. The first-order chi connectivity index (χ1) is 11.3. The van der Waals surface area contributed by atoms with Crippen molar-refractivity contribution in [3.63, 3.8) is 0 Å². The van der Waals surface area contributed by atoms with E-state index in [0.717, 1.165) is 37.2 Å². The van der Waals surface area contributed by atoms with E-state index in [4.69, 9.17) is 4.42 Å². The van der Waals surface area contributed by atoms with Gasteiger partial charge in [0.05, 0.1) is 0 Å². The molecule has 3 rings (SSSR count). The van der Waals surface area contributed by atoms with Crippen LogP contribution in [0, 0.1) is 0 Å². The topological polar surface area (TPSA) is 80.0 Å². The lowest BCUT2D eigenvalue weighted by Gasteiger charge is -2.06. The molecule has 4 bridgehead atoms. The molecule has 0 atom stereocenters. The number of nitrogens with one attached hydrogen (secondary N) is 2. The molecule has 1 aliphatic rings. The van der Waals surface area contributed by atoms with Gasteiger partial charge in [0.1, 0.15) is 12.1 Å². The van der Waals surface area contributed by atoms with Crippen molar-refractivity contribution in [3.8, 4) is 11.5 Å². The van der Waals surface area contributed by atoms with Crippen LogP contribution in [-0.4, -0.2) is 29.0 Å². The Morgan fingerprint density at radius 3 is 2.57 bits per heavy atom. The zero-order valence-electron chi connectivity index (χ0n) is 13.2. The van der Waals surface area contributed by atoms with E-state index in [1.54, 1.807) is 6.20 Å². The summed E-state index contributed by atoms with van der Waals surface area (Å²) in [5, 5.41) is 6.22.